The molecule has 0 radical (unpaired) electrons. The maximum Gasteiger partial charge on any atom is 0.141 e. The molecule has 3 atom stereocenters. The number of nitrogens with one attached hydrogen (secondary N) is 1. The first-order valence-electron chi connectivity index (χ1n) is 2.92. The van der Waals surface area contributed by atoms with Gasteiger partial charge in [0.05, 0.1) is 6.10 Å². The zero-order valence-corrected chi connectivity index (χ0v) is 4.92. The molecule has 1 saturated heterocycles. The van der Waals surface area contributed by atoms with Gasteiger partial charge in [-0.05, 0) is 0 Å². The number of hydrogen-bond acceptors (Lipinski definition) is 3. The summed E-state index contributed by atoms with van der Waals surface area (Å²) < 4.78 is 12.4. The third-order valence-corrected chi connectivity index (χ3v) is 1.46. The largest absolute Gasteiger partial charge is 0.389 e. The van der Waals surface area contributed by atoms with Crippen molar-refractivity contribution in [2.24, 2.45) is 0 Å². The lowest BCUT2D eigenvalue weighted by atomic mass is 10.1. The van der Waals surface area contributed by atoms with Crippen LogP contribution in [0.15, 0.2) is 0 Å². The molecule has 1 heterocycles. The van der Waals surface area contributed by atoms with Gasteiger partial charge in [-0.15, -0.1) is 0 Å². The molecule has 0 bridgehead atoms. The summed E-state index contributed by atoms with van der Waals surface area (Å²) in [5.74, 6) is 0. The minimum absolute atomic E-state index is 0.137. The lowest BCUT2D eigenvalue weighted by molar-refractivity contribution is -0.0454. The number of aliphatic hydroxyl groups excluding tert-OH is 2. The van der Waals surface area contributed by atoms with Crippen molar-refractivity contribution in [2.45, 2.75) is 18.4 Å². The second-order valence-electron chi connectivity index (χ2n) is 2.23. The molecular weight excluding hydrogens is 125 g/mol. The van der Waals surface area contributed by atoms with Gasteiger partial charge in [-0.3, -0.25) is 0 Å². The SMILES string of the molecule is O[C@@H]1[C@H](F)CNC[C@@H]1O. The molecule has 1 aliphatic heterocycles. The van der Waals surface area contributed by atoms with Gasteiger partial charge in [0.25, 0.3) is 0 Å². The summed E-state index contributed by atoms with van der Waals surface area (Å²) in [5, 5.41) is 20.2. The maximum absolute atomic E-state index is 12.4. The van der Waals surface area contributed by atoms with Gasteiger partial charge in [-0.25, -0.2) is 4.39 Å². The van der Waals surface area contributed by atoms with Crippen molar-refractivity contribution in [3.8, 4) is 0 Å². The average molecular weight is 135 g/mol. The van der Waals surface area contributed by atoms with Crippen molar-refractivity contribution in [3.05, 3.63) is 0 Å². The Morgan fingerprint density at radius 2 is 2.00 bits per heavy atom. The van der Waals surface area contributed by atoms with Crippen molar-refractivity contribution >= 4 is 0 Å². The van der Waals surface area contributed by atoms with E-state index in [1.165, 1.54) is 0 Å². The molecule has 54 valence electrons. The number of aliphatic hydroxyl groups is 2. The van der Waals surface area contributed by atoms with Crippen molar-refractivity contribution in [3.63, 3.8) is 0 Å². The number of hydrogen-bond donors (Lipinski definition) is 3. The molecule has 0 aromatic rings. The Hall–Kier alpha value is -0.190. The molecule has 0 aromatic carbocycles. The van der Waals surface area contributed by atoms with Crippen LogP contribution in [0.25, 0.3) is 0 Å². The molecule has 0 amide bonds. The number of alkyl halides is 1. The van der Waals surface area contributed by atoms with Crippen LogP contribution in [0.2, 0.25) is 0 Å². The lowest BCUT2D eigenvalue weighted by Gasteiger charge is -2.27. The Morgan fingerprint density at radius 3 is 2.44 bits per heavy atom. The molecule has 4 heteroatoms. The molecule has 3 nitrogen and oxygen atoms in total. The first-order valence-corrected chi connectivity index (χ1v) is 2.92. The summed E-state index contributed by atoms with van der Waals surface area (Å²) in [6.07, 6.45) is -3.48. The first-order chi connectivity index (χ1) is 4.22. The summed E-state index contributed by atoms with van der Waals surface area (Å²) >= 11 is 0. The van der Waals surface area contributed by atoms with Crippen LogP contribution in [-0.2, 0) is 0 Å². The van der Waals surface area contributed by atoms with Gasteiger partial charge in [0.2, 0.25) is 0 Å². The second kappa shape index (κ2) is 2.60. The van der Waals surface area contributed by atoms with Crippen LogP contribution < -0.4 is 5.32 Å². The van der Waals surface area contributed by atoms with Crippen LogP contribution in [0.1, 0.15) is 0 Å². The number of piperidine rings is 1. The van der Waals surface area contributed by atoms with Gasteiger partial charge in [-0.1, -0.05) is 0 Å². The van der Waals surface area contributed by atoms with Gasteiger partial charge < -0.3 is 15.5 Å². The lowest BCUT2D eigenvalue weighted by Crippen LogP contribution is -2.51. The van der Waals surface area contributed by atoms with E-state index < -0.39 is 18.4 Å². The molecule has 1 rings (SSSR count). The molecule has 0 aliphatic carbocycles. The van der Waals surface area contributed by atoms with Crippen molar-refractivity contribution in [2.75, 3.05) is 13.1 Å². The quantitative estimate of drug-likeness (QED) is 0.385. The Kier molecular flexibility index (Phi) is 2.00. The molecule has 0 aromatic heterocycles. The molecule has 0 saturated carbocycles. The van der Waals surface area contributed by atoms with Gasteiger partial charge in [0.1, 0.15) is 12.3 Å². The van der Waals surface area contributed by atoms with Gasteiger partial charge >= 0.3 is 0 Å². The van der Waals surface area contributed by atoms with Crippen LogP contribution >= 0.6 is 0 Å². The highest BCUT2D eigenvalue weighted by molar-refractivity contribution is 4.83. The van der Waals surface area contributed by atoms with E-state index in [0.29, 0.717) is 0 Å². The Balaban J connectivity index is 2.41. The summed E-state index contributed by atoms with van der Waals surface area (Å²) in [4.78, 5) is 0. The Labute approximate surface area is 52.5 Å². The number of β-amino-alcohol motifs (C(OH)–C–C–N with tert-alkyl or cyclic N) is 1. The second-order valence-corrected chi connectivity index (χ2v) is 2.23. The molecule has 1 aliphatic rings. The highest BCUT2D eigenvalue weighted by Gasteiger charge is 2.29. The van der Waals surface area contributed by atoms with E-state index in [1.54, 1.807) is 0 Å². The number of rotatable bonds is 0. The highest BCUT2D eigenvalue weighted by Crippen LogP contribution is 2.06. The highest BCUT2D eigenvalue weighted by atomic mass is 19.1. The predicted octanol–water partition coefficient (Wildman–Crippen LogP) is -1.35. The standard InChI is InChI=1S/C5H10FNO2/c6-3-1-7-2-4(8)5(3)9/h3-5,7-9H,1-2H2/t3-,4+,5-/m1/s1. The summed E-state index contributed by atoms with van der Waals surface area (Å²) in [7, 11) is 0. The smallest absolute Gasteiger partial charge is 0.141 e. The molecule has 9 heavy (non-hydrogen) atoms. The van der Waals surface area contributed by atoms with Crippen molar-refractivity contribution in [1.29, 1.82) is 0 Å². The minimum atomic E-state index is -1.33. The van der Waals surface area contributed by atoms with Gasteiger partial charge in [0, 0.05) is 13.1 Å². The van der Waals surface area contributed by atoms with E-state index in [1.807, 2.05) is 0 Å². The van der Waals surface area contributed by atoms with E-state index >= 15 is 0 Å². The predicted molar refractivity (Wildman–Crippen MR) is 29.8 cm³/mol. The Morgan fingerprint density at radius 1 is 1.33 bits per heavy atom. The average Bonchev–Trinajstić information content (AvgIpc) is 1.83. The summed E-state index contributed by atoms with van der Waals surface area (Å²) in [6.45, 7) is 0.416. The van der Waals surface area contributed by atoms with E-state index in [4.69, 9.17) is 10.2 Å². The molecular formula is C5H10FNO2. The monoisotopic (exact) mass is 135 g/mol. The summed E-state index contributed by atoms with van der Waals surface area (Å²) in [6, 6.07) is 0. The molecule has 0 unspecified atom stereocenters. The maximum atomic E-state index is 12.4. The topological polar surface area (TPSA) is 52.5 Å². The molecule has 0 spiro atoms. The van der Waals surface area contributed by atoms with E-state index in [0.717, 1.165) is 0 Å². The summed E-state index contributed by atoms with van der Waals surface area (Å²) in [5.41, 5.74) is 0. The van der Waals surface area contributed by atoms with Crippen LogP contribution in [0.5, 0.6) is 0 Å². The van der Waals surface area contributed by atoms with Gasteiger partial charge in [-0.2, -0.15) is 0 Å². The van der Waals surface area contributed by atoms with Crippen molar-refractivity contribution < 1.29 is 14.6 Å². The fourth-order valence-corrected chi connectivity index (χ4v) is 0.852. The van der Waals surface area contributed by atoms with Crippen LogP contribution in [0.3, 0.4) is 0 Å². The fourth-order valence-electron chi connectivity index (χ4n) is 0.852. The van der Waals surface area contributed by atoms with Crippen LogP contribution in [-0.4, -0.2) is 41.7 Å². The zero-order chi connectivity index (χ0) is 6.85. The minimum Gasteiger partial charge on any atom is -0.389 e. The van der Waals surface area contributed by atoms with Gasteiger partial charge in [0.15, 0.2) is 0 Å². The van der Waals surface area contributed by atoms with E-state index in [9.17, 15) is 4.39 Å². The number of halogens is 1. The molecule has 3 N–H and O–H groups in total. The van der Waals surface area contributed by atoms with Crippen LogP contribution in [0.4, 0.5) is 4.39 Å². The van der Waals surface area contributed by atoms with E-state index in [-0.39, 0.29) is 13.1 Å². The fraction of sp³-hybridized carbons (Fsp3) is 1.00. The Bertz CT molecular complexity index is 91.0. The van der Waals surface area contributed by atoms with E-state index in [2.05, 4.69) is 5.32 Å². The molecule has 1 fully saturated rings. The van der Waals surface area contributed by atoms with Crippen molar-refractivity contribution in [1.82, 2.24) is 5.32 Å². The third-order valence-electron chi connectivity index (χ3n) is 1.46. The zero-order valence-electron chi connectivity index (χ0n) is 4.92. The third kappa shape index (κ3) is 1.38. The normalized spacial score (nSPS) is 45.0. The first kappa shape index (κ1) is 6.92. The van der Waals surface area contributed by atoms with Crippen LogP contribution in [0, 0.1) is 0 Å².